The average molecular weight is 299 g/mol. The molecule has 4 heteroatoms. The highest BCUT2D eigenvalue weighted by Gasteiger charge is 2.13. The van der Waals surface area contributed by atoms with Gasteiger partial charge in [-0.1, -0.05) is 0 Å². The maximum Gasteiger partial charge on any atom is 0.228 e. The number of carbonyl (C=O) groups is 1. The van der Waals surface area contributed by atoms with Crippen molar-refractivity contribution in [3.05, 3.63) is 52.1 Å². The fraction of sp³-hybridized carbons (Fsp3) is 0.278. The van der Waals surface area contributed by atoms with E-state index in [2.05, 4.69) is 5.32 Å². The Morgan fingerprint density at radius 3 is 1.73 bits per heavy atom. The van der Waals surface area contributed by atoms with E-state index in [1.54, 1.807) is 24.3 Å². The van der Waals surface area contributed by atoms with Crippen LogP contribution in [0.2, 0.25) is 0 Å². The van der Waals surface area contributed by atoms with E-state index in [0.29, 0.717) is 0 Å². The lowest BCUT2D eigenvalue weighted by molar-refractivity contribution is -0.115. The first-order valence-electron chi connectivity index (χ1n) is 7.17. The molecule has 1 amide bonds. The number of rotatable bonds is 3. The van der Waals surface area contributed by atoms with Crippen LogP contribution >= 0.6 is 0 Å². The van der Waals surface area contributed by atoms with Gasteiger partial charge in [0.25, 0.3) is 0 Å². The molecule has 22 heavy (non-hydrogen) atoms. The number of aryl methyl sites for hydroxylation is 4. The Morgan fingerprint density at radius 1 is 0.864 bits per heavy atom. The molecule has 0 aliphatic heterocycles. The summed E-state index contributed by atoms with van der Waals surface area (Å²) in [4.78, 5) is 12.3. The number of amides is 1. The molecular formula is C18H21NO3. The van der Waals surface area contributed by atoms with E-state index in [1.165, 1.54) is 0 Å². The van der Waals surface area contributed by atoms with E-state index in [1.807, 2.05) is 27.7 Å². The molecule has 2 aromatic rings. The predicted molar refractivity (Wildman–Crippen MR) is 87.5 cm³/mol. The summed E-state index contributed by atoms with van der Waals surface area (Å²) in [6.45, 7) is 7.46. The third-order valence-corrected chi connectivity index (χ3v) is 3.80. The predicted octanol–water partition coefficient (Wildman–Crippen LogP) is 3.51. The molecule has 0 aliphatic carbocycles. The van der Waals surface area contributed by atoms with E-state index in [4.69, 9.17) is 0 Å². The van der Waals surface area contributed by atoms with Crippen molar-refractivity contribution in [2.24, 2.45) is 0 Å². The lowest BCUT2D eigenvalue weighted by Crippen LogP contribution is -2.17. The Balaban J connectivity index is 2.22. The number of phenols is 2. The van der Waals surface area contributed by atoms with Gasteiger partial charge in [0.2, 0.25) is 5.91 Å². The summed E-state index contributed by atoms with van der Waals surface area (Å²) in [5, 5.41) is 22.0. The van der Waals surface area contributed by atoms with E-state index in [9.17, 15) is 15.0 Å². The quantitative estimate of drug-likeness (QED) is 0.760. The number of carbonyl (C=O) groups excluding carboxylic acids is 1. The third kappa shape index (κ3) is 3.39. The first kappa shape index (κ1) is 15.9. The van der Waals surface area contributed by atoms with Gasteiger partial charge < -0.3 is 15.5 Å². The SMILES string of the molecule is Cc1cc(O)cc(C)c1CC(=O)Nc1c(C)cc(O)cc1C. The van der Waals surface area contributed by atoms with Crippen LogP contribution in [0.4, 0.5) is 5.69 Å². The molecule has 0 saturated carbocycles. The first-order valence-corrected chi connectivity index (χ1v) is 7.17. The van der Waals surface area contributed by atoms with Crippen molar-refractivity contribution in [1.82, 2.24) is 0 Å². The summed E-state index contributed by atoms with van der Waals surface area (Å²) in [5.41, 5.74) is 5.09. The molecule has 2 aromatic carbocycles. The normalized spacial score (nSPS) is 10.5. The van der Waals surface area contributed by atoms with Crippen LogP contribution in [-0.2, 0) is 11.2 Å². The van der Waals surface area contributed by atoms with Crippen molar-refractivity contribution < 1.29 is 15.0 Å². The van der Waals surface area contributed by atoms with Crippen molar-refractivity contribution in [1.29, 1.82) is 0 Å². The van der Waals surface area contributed by atoms with Gasteiger partial charge in [-0.05, 0) is 79.8 Å². The number of nitrogens with one attached hydrogen (secondary N) is 1. The molecule has 0 radical (unpaired) electrons. The Morgan fingerprint density at radius 2 is 1.27 bits per heavy atom. The van der Waals surface area contributed by atoms with Crippen molar-refractivity contribution in [2.75, 3.05) is 5.32 Å². The lowest BCUT2D eigenvalue weighted by Gasteiger charge is -2.14. The molecule has 0 unspecified atom stereocenters. The van der Waals surface area contributed by atoms with Crippen molar-refractivity contribution >= 4 is 11.6 Å². The maximum absolute atomic E-state index is 12.3. The van der Waals surface area contributed by atoms with Gasteiger partial charge in [-0.3, -0.25) is 4.79 Å². The number of anilines is 1. The molecule has 3 N–H and O–H groups in total. The van der Waals surface area contributed by atoms with Crippen molar-refractivity contribution in [2.45, 2.75) is 34.1 Å². The minimum absolute atomic E-state index is 0.117. The fourth-order valence-electron chi connectivity index (χ4n) is 2.73. The molecule has 4 nitrogen and oxygen atoms in total. The van der Waals surface area contributed by atoms with Crippen LogP contribution in [-0.4, -0.2) is 16.1 Å². The molecule has 2 rings (SSSR count). The standard InChI is InChI=1S/C18H21NO3/c1-10-5-14(20)6-11(2)16(10)9-17(22)19-18-12(3)7-15(21)8-13(18)4/h5-8,20-21H,9H2,1-4H3,(H,19,22). The van der Waals surface area contributed by atoms with Crippen LogP contribution in [0.1, 0.15) is 27.8 Å². The topological polar surface area (TPSA) is 69.6 Å². The molecule has 0 aromatic heterocycles. The highest BCUT2D eigenvalue weighted by Crippen LogP contribution is 2.26. The van der Waals surface area contributed by atoms with Gasteiger partial charge in [-0.25, -0.2) is 0 Å². The number of benzene rings is 2. The molecule has 0 spiro atoms. The van der Waals surface area contributed by atoms with Crippen LogP contribution in [0, 0.1) is 27.7 Å². The van der Waals surface area contributed by atoms with Gasteiger partial charge in [0, 0.05) is 5.69 Å². The Bertz CT molecular complexity index is 628. The van der Waals surface area contributed by atoms with Crippen LogP contribution in [0.3, 0.4) is 0 Å². The van der Waals surface area contributed by atoms with E-state index >= 15 is 0 Å². The highest BCUT2D eigenvalue weighted by molar-refractivity contribution is 5.94. The fourth-order valence-corrected chi connectivity index (χ4v) is 2.73. The Labute approximate surface area is 130 Å². The molecule has 0 fully saturated rings. The van der Waals surface area contributed by atoms with Crippen LogP contribution in [0.25, 0.3) is 0 Å². The summed E-state index contributed by atoms with van der Waals surface area (Å²) >= 11 is 0. The number of phenolic OH excluding ortho intramolecular Hbond substituents is 2. The van der Waals surface area contributed by atoms with Crippen molar-refractivity contribution in [3.63, 3.8) is 0 Å². The summed E-state index contributed by atoms with van der Waals surface area (Å²) in [5.74, 6) is 0.288. The zero-order valence-electron chi connectivity index (χ0n) is 13.3. The zero-order valence-corrected chi connectivity index (χ0v) is 13.3. The van der Waals surface area contributed by atoms with Gasteiger partial charge >= 0.3 is 0 Å². The van der Waals surface area contributed by atoms with Gasteiger partial charge in [-0.15, -0.1) is 0 Å². The van der Waals surface area contributed by atoms with Crippen molar-refractivity contribution in [3.8, 4) is 11.5 Å². The third-order valence-electron chi connectivity index (χ3n) is 3.80. The van der Waals surface area contributed by atoms with E-state index in [0.717, 1.165) is 33.5 Å². The number of hydrogen-bond donors (Lipinski definition) is 3. The Kier molecular flexibility index (Phi) is 4.40. The Hall–Kier alpha value is -2.49. The maximum atomic E-state index is 12.3. The monoisotopic (exact) mass is 299 g/mol. The second-order valence-electron chi connectivity index (χ2n) is 5.74. The minimum atomic E-state index is -0.117. The van der Waals surface area contributed by atoms with Crippen LogP contribution in [0.15, 0.2) is 24.3 Å². The van der Waals surface area contributed by atoms with Gasteiger partial charge in [0.05, 0.1) is 6.42 Å². The lowest BCUT2D eigenvalue weighted by atomic mass is 9.99. The van der Waals surface area contributed by atoms with Gasteiger partial charge in [0.1, 0.15) is 11.5 Å². The van der Waals surface area contributed by atoms with Crippen LogP contribution in [0.5, 0.6) is 11.5 Å². The zero-order chi connectivity index (χ0) is 16.4. The molecule has 0 atom stereocenters. The number of aromatic hydroxyl groups is 2. The molecular weight excluding hydrogens is 278 g/mol. The second-order valence-corrected chi connectivity index (χ2v) is 5.74. The van der Waals surface area contributed by atoms with E-state index in [-0.39, 0.29) is 23.8 Å². The molecule has 116 valence electrons. The molecule has 0 bridgehead atoms. The van der Waals surface area contributed by atoms with E-state index < -0.39 is 0 Å². The smallest absolute Gasteiger partial charge is 0.228 e. The minimum Gasteiger partial charge on any atom is -0.508 e. The molecule has 0 saturated heterocycles. The largest absolute Gasteiger partial charge is 0.508 e. The summed E-state index contributed by atoms with van der Waals surface area (Å²) < 4.78 is 0. The molecule has 0 aliphatic rings. The average Bonchev–Trinajstić information content (AvgIpc) is 2.38. The number of hydrogen-bond acceptors (Lipinski definition) is 3. The summed E-state index contributed by atoms with van der Waals surface area (Å²) in [7, 11) is 0. The summed E-state index contributed by atoms with van der Waals surface area (Å²) in [6, 6.07) is 6.57. The highest BCUT2D eigenvalue weighted by atomic mass is 16.3. The summed E-state index contributed by atoms with van der Waals surface area (Å²) in [6.07, 6.45) is 0.248. The van der Waals surface area contributed by atoms with Gasteiger partial charge in [-0.2, -0.15) is 0 Å². The second kappa shape index (κ2) is 6.10. The van der Waals surface area contributed by atoms with Gasteiger partial charge in [0.15, 0.2) is 0 Å². The first-order chi connectivity index (χ1) is 10.3. The molecule has 0 heterocycles. The van der Waals surface area contributed by atoms with Crippen LogP contribution < -0.4 is 5.32 Å².